The third-order valence-corrected chi connectivity index (χ3v) is 3.11. The molecule has 0 radical (unpaired) electrons. The van der Waals surface area contributed by atoms with Crippen molar-refractivity contribution >= 4 is 16.7 Å². The van der Waals surface area contributed by atoms with E-state index in [1.807, 2.05) is 6.07 Å². The van der Waals surface area contributed by atoms with Gasteiger partial charge in [-0.15, -0.1) is 0 Å². The highest BCUT2D eigenvalue weighted by molar-refractivity contribution is 7.09. The van der Waals surface area contributed by atoms with Gasteiger partial charge in [-0.1, -0.05) is 20.8 Å². The minimum absolute atomic E-state index is 0.0576. The summed E-state index contributed by atoms with van der Waals surface area (Å²) < 4.78 is 9.58. The van der Waals surface area contributed by atoms with E-state index in [1.54, 1.807) is 12.3 Å². The zero-order valence-electron chi connectivity index (χ0n) is 10.7. The van der Waals surface area contributed by atoms with Gasteiger partial charge in [-0.2, -0.15) is 4.37 Å². The molecule has 98 valence electrons. The number of anilines is 1. The van der Waals surface area contributed by atoms with Crippen LogP contribution in [0.2, 0.25) is 0 Å². The number of furan rings is 1. The first-order valence-corrected chi connectivity index (χ1v) is 6.53. The van der Waals surface area contributed by atoms with E-state index in [4.69, 9.17) is 4.42 Å². The Morgan fingerprint density at radius 2 is 2.28 bits per heavy atom. The number of aliphatic hydroxyl groups excluding tert-OH is 1. The van der Waals surface area contributed by atoms with Crippen molar-refractivity contribution in [1.82, 2.24) is 9.36 Å². The van der Waals surface area contributed by atoms with E-state index in [9.17, 15) is 5.11 Å². The third kappa shape index (κ3) is 2.88. The third-order valence-electron chi connectivity index (χ3n) is 2.46. The van der Waals surface area contributed by atoms with Crippen LogP contribution in [-0.2, 0) is 5.41 Å². The van der Waals surface area contributed by atoms with Crippen molar-refractivity contribution in [2.45, 2.75) is 32.2 Å². The average Bonchev–Trinajstić information content (AvgIpc) is 2.95. The lowest BCUT2D eigenvalue weighted by molar-refractivity contribution is 0.261. The molecule has 2 heterocycles. The quantitative estimate of drug-likeness (QED) is 0.891. The van der Waals surface area contributed by atoms with Gasteiger partial charge in [0, 0.05) is 16.9 Å². The highest BCUT2D eigenvalue weighted by Gasteiger charge is 2.21. The predicted octanol–water partition coefficient (Wildman–Crippen LogP) is 2.57. The molecule has 2 aromatic rings. The van der Waals surface area contributed by atoms with Gasteiger partial charge >= 0.3 is 0 Å². The molecule has 5 nitrogen and oxygen atoms in total. The molecule has 2 N–H and O–H groups in total. The van der Waals surface area contributed by atoms with Gasteiger partial charge in [0.15, 0.2) is 0 Å². The molecule has 0 amide bonds. The number of hydrogen-bond acceptors (Lipinski definition) is 6. The number of aliphatic hydroxyl groups is 1. The van der Waals surface area contributed by atoms with Crippen molar-refractivity contribution in [3.63, 3.8) is 0 Å². The van der Waals surface area contributed by atoms with E-state index in [0.717, 1.165) is 5.82 Å². The van der Waals surface area contributed by atoms with Crippen LogP contribution in [0.25, 0.3) is 0 Å². The second-order valence-electron chi connectivity index (χ2n) is 5.07. The van der Waals surface area contributed by atoms with Gasteiger partial charge in [0.25, 0.3) is 0 Å². The molecular weight excluding hydrogens is 250 g/mol. The average molecular weight is 267 g/mol. The van der Waals surface area contributed by atoms with E-state index in [2.05, 4.69) is 35.4 Å². The first-order valence-electron chi connectivity index (χ1n) is 5.75. The van der Waals surface area contributed by atoms with Gasteiger partial charge in [0.05, 0.1) is 12.9 Å². The molecule has 0 saturated heterocycles. The topological polar surface area (TPSA) is 71.2 Å². The van der Waals surface area contributed by atoms with Gasteiger partial charge in [-0.05, 0) is 12.1 Å². The summed E-state index contributed by atoms with van der Waals surface area (Å²) in [6.45, 7) is 6.14. The summed E-state index contributed by atoms with van der Waals surface area (Å²) in [5.41, 5.74) is -0.0736. The predicted molar refractivity (Wildman–Crippen MR) is 70.8 cm³/mol. The summed E-state index contributed by atoms with van der Waals surface area (Å²) in [7, 11) is 0. The SMILES string of the molecule is CC(C)(C)c1nsc(NC(CO)c2ccco2)n1. The van der Waals surface area contributed by atoms with E-state index < -0.39 is 0 Å². The molecule has 1 atom stereocenters. The molecular formula is C12H17N3O2S. The molecule has 6 heteroatoms. The van der Waals surface area contributed by atoms with Gasteiger partial charge in [0.2, 0.25) is 5.13 Å². The molecule has 0 aliphatic rings. The number of nitrogens with one attached hydrogen (secondary N) is 1. The standard InChI is InChI=1S/C12H17N3O2S/c1-12(2,3)10-14-11(18-15-10)13-8(7-16)9-5-4-6-17-9/h4-6,8,16H,7H2,1-3H3,(H,13,14,15). The van der Waals surface area contributed by atoms with Gasteiger partial charge in [-0.25, -0.2) is 4.98 Å². The van der Waals surface area contributed by atoms with Crippen molar-refractivity contribution in [3.8, 4) is 0 Å². The Bertz CT molecular complexity index is 488. The number of hydrogen-bond donors (Lipinski definition) is 2. The molecule has 0 fully saturated rings. The maximum atomic E-state index is 9.36. The summed E-state index contributed by atoms with van der Waals surface area (Å²) in [5.74, 6) is 1.48. The van der Waals surface area contributed by atoms with Crippen LogP contribution < -0.4 is 5.32 Å². The van der Waals surface area contributed by atoms with Crippen LogP contribution >= 0.6 is 11.5 Å². The molecule has 2 rings (SSSR count). The van der Waals surface area contributed by atoms with Crippen molar-refractivity contribution in [2.75, 3.05) is 11.9 Å². The van der Waals surface area contributed by atoms with Gasteiger partial charge in [0.1, 0.15) is 17.6 Å². The van der Waals surface area contributed by atoms with Crippen LogP contribution in [0.5, 0.6) is 0 Å². The summed E-state index contributed by atoms with van der Waals surface area (Å²) in [4.78, 5) is 4.42. The molecule has 0 saturated carbocycles. The lowest BCUT2D eigenvalue weighted by atomic mass is 9.96. The Morgan fingerprint density at radius 3 is 2.78 bits per heavy atom. The summed E-state index contributed by atoms with van der Waals surface area (Å²) >= 11 is 1.29. The summed E-state index contributed by atoms with van der Waals surface area (Å²) in [6, 6.07) is 3.32. The Hall–Kier alpha value is -1.40. The fourth-order valence-electron chi connectivity index (χ4n) is 1.43. The maximum absolute atomic E-state index is 9.36. The Morgan fingerprint density at radius 1 is 1.50 bits per heavy atom. The van der Waals surface area contributed by atoms with Crippen molar-refractivity contribution in [2.24, 2.45) is 0 Å². The maximum Gasteiger partial charge on any atom is 0.203 e. The highest BCUT2D eigenvalue weighted by atomic mass is 32.1. The minimum atomic E-state index is -0.291. The normalized spacial score (nSPS) is 13.6. The van der Waals surface area contributed by atoms with E-state index in [0.29, 0.717) is 10.9 Å². The van der Waals surface area contributed by atoms with Crippen LogP contribution in [0.4, 0.5) is 5.13 Å². The fraction of sp³-hybridized carbons (Fsp3) is 0.500. The van der Waals surface area contributed by atoms with Crippen LogP contribution in [0, 0.1) is 0 Å². The first kappa shape index (κ1) is 13.0. The zero-order valence-corrected chi connectivity index (χ0v) is 11.5. The number of aromatic nitrogens is 2. The van der Waals surface area contributed by atoms with E-state index >= 15 is 0 Å². The smallest absolute Gasteiger partial charge is 0.203 e. The van der Waals surface area contributed by atoms with Crippen LogP contribution in [0.1, 0.15) is 38.4 Å². The number of nitrogens with zero attached hydrogens (tertiary/aromatic N) is 2. The number of rotatable bonds is 4. The Kier molecular flexibility index (Phi) is 3.68. The van der Waals surface area contributed by atoms with E-state index in [1.165, 1.54) is 11.5 Å². The van der Waals surface area contributed by atoms with Crippen molar-refractivity contribution < 1.29 is 9.52 Å². The van der Waals surface area contributed by atoms with Crippen LogP contribution in [-0.4, -0.2) is 21.1 Å². The van der Waals surface area contributed by atoms with Crippen molar-refractivity contribution in [1.29, 1.82) is 0 Å². The molecule has 0 bridgehead atoms. The molecule has 0 aromatic carbocycles. The van der Waals surface area contributed by atoms with Crippen LogP contribution in [0.15, 0.2) is 22.8 Å². The zero-order chi connectivity index (χ0) is 13.2. The molecule has 0 aliphatic carbocycles. The Balaban J connectivity index is 2.11. The fourth-order valence-corrected chi connectivity index (χ4v) is 2.24. The monoisotopic (exact) mass is 267 g/mol. The highest BCUT2D eigenvalue weighted by Crippen LogP contribution is 2.25. The largest absolute Gasteiger partial charge is 0.467 e. The summed E-state index contributed by atoms with van der Waals surface area (Å²) in [6.07, 6.45) is 1.58. The van der Waals surface area contributed by atoms with Gasteiger partial charge in [-0.3, -0.25) is 0 Å². The lowest BCUT2D eigenvalue weighted by Crippen LogP contribution is -2.15. The van der Waals surface area contributed by atoms with E-state index in [-0.39, 0.29) is 18.1 Å². The van der Waals surface area contributed by atoms with Crippen LogP contribution in [0.3, 0.4) is 0 Å². The Labute approximate surface area is 110 Å². The summed E-state index contributed by atoms with van der Waals surface area (Å²) in [5, 5.41) is 13.2. The van der Waals surface area contributed by atoms with Crippen molar-refractivity contribution in [3.05, 3.63) is 30.0 Å². The van der Waals surface area contributed by atoms with Gasteiger partial charge < -0.3 is 14.8 Å². The molecule has 0 aliphatic heterocycles. The molecule has 0 spiro atoms. The minimum Gasteiger partial charge on any atom is -0.467 e. The molecule has 18 heavy (non-hydrogen) atoms. The molecule has 1 unspecified atom stereocenters. The lowest BCUT2D eigenvalue weighted by Gasteiger charge is -2.13. The first-order chi connectivity index (χ1) is 8.50. The molecule has 2 aromatic heterocycles. The second kappa shape index (κ2) is 5.07. The second-order valence-corrected chi connectivity index (χ2v) is 5.82.